The highest BCUT2D eigenvalue weighted by Gasteiger charge is 2.30. The first-order valence-corrected chi connectivity index (χ1v) is 10.5. The topological polar surface area (TPSA) is 72.1 Å². The van der Waals surface area contributed by atoms with Crippen molar-refractivity contribution < 1.29 is 4.79 Å². The molecule has 8 nitrogen and oxygen atoms in total. The maximum absolute atomic E-state index is 13.2. The third-order valence-electron chi connectivity index (χ3n) is 5.91. The minimum absolute atomic E-state index is 0.0487. The first kappa shape index (κ1) is 20.3. The zero-order chi connectivity index (χ0) is 21.3. The van der Waals surface area contributed by atoms with E-state index in [4.69, 9.17) is 0 Å². The number of rotatable bonds is 5. The van der Waals surface area contributed by atoms with Gasteiger partial charge in [-0.1, -0.05) is 22.9 Å². The van der Waals surface area contributed by atoms with Crippen molar-refractivity contribution >= 4 is 5.91 Å². The number of hydrogen-bond acceptors (Lipinski definition) is 5. The van der Waals surface area contributed by atoms with Gasteiger partial charge < -0.3 is 9.47 Å². The predicted octanol–water partition coefficient (Wildman–Crippen LogP) is 2.45. The predicted molar refractivity (Wildman–Crippen MR) is 115 cm³/mol. The van der Waals surface area contributed by atoms with E-state index in [-0.39, 0.29) is 11.9 Å². The molecule has 0 radical (unpaired) electrons. The van der Waals surface area contributed by atoms with Crippen LogP contribution in [0.25, 0.3) is 5.69 Å². The lowest BCUT2D eigenvalue weighted by Gasteiger charge is -2.39. The average molecular weight is 408 g/mol. The van der Waals surface area contributed by atoms with E-state index < -0.39 is 0 Å². The molecule has 0 saturated carbocycles. The molecule has 3 aromatic rings. The van der Waals surface area contributed by atoms with E-state index >= 15 is 0 Å². The highest BCUT2D eigenvalue weighted by Crippen LogP contribution is 2.18. The number of aromatic nitrogens is 5. The Balaban J connectivity index is 1.44. The Bertz CT molecular complexity index is 1020. The van der Waals surface area contributed by atoms with Crippen LogP contribution in [0.3, 0.4) is 0 Å². The van der Waals surface area contributed by atoms with Gasteiger partial charge in [0.15, 0.2) is 5.69 Å². The first-order chi connectivity index (χ1) is 14.5. The second kappa shape index (κ2) is 8.39. The Morgan fingerprint density at radius 2 is 1.93 bits per heavy atom. The summed E-state index contributed by atoms with van der Waals surface area (Å²) in [6, 6.07) is 8.29. The van der Waals surface area contributed by atoms with Gasteiger partial charge in [-0.3, -0.25) is 9.69 Å². The lowest BCUT2D eigenvalue weighted by atomic mass is 10.1. The monoisotopic (exact) mass is 407 g/mol. The fourth-order valence-corrected chi connectivity index (χ4v) is 3.98. The number of piperazine rings is 1. The van der Waals surface area contributed by atoms with Gasteiger partial charge in [-0.2, -0.15) is 0 Å². The van der Waals surface area contributed by atoms with Crippen molar-refractivity contribution in [1.82, 2.24) is 34.3 Å². The third-order valence-corrected chi connectivity index (χ3v) is 5.91. The van der Waals surface area contributed by atoms with Crippen LogP contribution in [0, 0.1) is 13.8 Å². The maximum Gasteiger partial charge on any atom is 0.276 e. The summed E-state index contributed by atoms with van der Waals surface area (Å²) < 4.78 is 3.90. The average Bonchev–Trinajstić information content (AvgIpc) is 3.35. The molecule has 158 valence electrons. The van der Waals surface area contributed by atoms with Gasteiger partial charge in [0.05, 0.1) is 17.9 Å². The van der Waals surface area contributed by atoms with Gasteiger partial charge in [0.1, 0.15) is 5.82 Å². The Morgan fingerprint density at radius 3 is 2.63 bits per heavy atom. The highest BCUT2D eigenvalue weighted by atomic mass is 16.2. The van der Waals surface area contributed by atoms with Crippen molar-refractivity contribution in [3.63, 3.8) is 0 Å². The van der Waals surface area contributed by atoms with Crippen LogP contribution < -0.4 is 0 Å². The van der Waals surface area contributed by atoms with Gasteiger partial charge in [0.2, 0.25) is 0 Å². The van der Waals surface area contributed by atoms with E-state index in [1.807, 2.05) is 55.4 Å². The number of benzene rings is 1. The van der Waals surface area contributed by atoms with E-state index in [1.54, 1.807) is 4.68 Å². The molecule has 4 rings (SSSR count). The normalized spacial score (nSPS) is 17.5. The molecule has 1 aliphatic rings. The molecule has 1 saturated heterocycles. The minimum atomic E-state index is -0.0487. The quantitative estimate of drug-likeness (QED) is 0.650. The van der Waals surface area contributed by atoms with Gasteiger partial charge in [-0.15, -0.1) is 5.10 Å². The van der Waals surface area contributed by atoms with E-state index in [0.29, 0.717) is 18.8 Å². The van der Waals surface area contributed by atoms with Crippen LogP contribution >= 0.6 is 0 Å². The Morgan fingerprint density at radius 1 is 1.17 bits per heavy atom. The number of carbonyl (C=O) groups is 1. The summed E-state index contributed by atoms with van der Waals surface area (Å²) in [4.78, 5) is 21.9. The number of amides is 1. The van der Waals surface area contributed by atoms with Gasteiger partial charge in [0.25, 0.3) is 5.91 Å². The second-order valence-electron chi connectivity index (χ2n) is 7.97. The Hall–Kier alpha value is -3.00. The number of nitrogens with zero attached hydrogens (tertiary/aromatic N) is 7. The van der Waals surface area contributed by atoms with Gasteiger partial charge >= 0.3 is 0 Å². The standard InChI is InChI=1S/C22H29N7O/c1-5-26-11-10-23-20(26)15-27-12-13-28(14-17(27)3)22(30)21-18(4)29(25-24-21)19-8-6-16(2)7-9-19/h6-11,17H,5,12-15H2,1-4H3/t17-/m0/s1. The lowest BCUT2D eigenvalue weighted by molar-refractivity contribution is 0.0480. The molecule has 8 heteroatoms. The fourth-order valence-electron chi connectivity index (χ4n) is 3.98. The molecule has 1 aromatic carbocycles. The van der Waals surface area contributed by atoms with Gasteiger partial charge in [0, 0.05) is 44.6 Å². The molecule has 0 spiro atoms. The molecule has 3 heterocycles. The number of hydrogen-bond donors (Lipinski definition) is 0. The summed E-state index contributed by atoms with van der Waals surface area (Å²) in [5, 5.41) is 8.44. The molecule has 1 fully saturated rings. The SMILES string of the molecule is CCn1ccnc1CN1CCN(C(=O)c2nnn(-c3ccc(C)cc3)c2C)C[C@@H]1C. The van der Waals surface area contributed by atoms with Crippen molar-refractivity contribution in [3.8, 4) is 5.69 Å². The summed E-state index contributed by atoms with van der Waals surface area (Å²) in [5.41, 5.74) is 3.29. The molecule has 30 heavy (non-hydrogen) atoms. The summed E-state index contributed by atoms with van der Waals surface area (Å²) in [6.07, 6.45) is 3.86. The molecular weight excluding hydrogens is 378 g/mol. The number of aryl methyl sites for hydroxylation is 2. The van der Waals surface area contributed by atoms with Crippen LogP contribution in [0.2, 0.25) is 0 Å². The zero-order valence-corrected chi connectivity index (χ0v) is 18.1. The number of carbonyl (C=O) groups excluding carboxylic acids is 1. The van der Waals surface area contributed by atoms with E-state index in [9.17, 15) is 4.79 Å². The fraction of sp³-hybridized carbons (Fsp3) is 0.455. The smallest absolute Gasteiger partial charge is 0.276 e. The summed E-state index contributed by atoms with van der Waals surface area (Å²) in [6.45, 7) is 12.1. The van der Waals surface area contributed by atoms with Crippen molar-refractivity contribution in [2.24, 2.45) is 0 Å². The van der Waals surface area contributed by atoms with Crippen LogP contribution in [-0.4, -0.2) is 65.9 Å². The molecule has 1 amide bonds. The van der Waals surface area contributed by atoms with Crippen LogP contribution in [-0.2, 0) is 13.1 Å². The summed E-state index contributed by atoms with van der Waals surface area (Å²) in [5.74, 6) is 1.02. The highest BCUT2D eigenvalue weighted by molar-refractivity contribution is 5.93. The van der Waals surface area contributed by atoms with Crippen molar-refractivity contribution in [1.29, 1.82) is 0 Å². The molecular formula is C22H29N7O. The van der Waals surface area contributed by atoms with Crippen molar-refractivity contribution in [3.05, 3.63) is 59.4 Å². The molecule has 0 bridgehead atoms. The van der Waals surface area contributed by atoms with E-state index in [1.165, 1.54) is 5.56 Å². The lowest BCUT2D eigenvalue weighted by Crippen LogP contribution is -2.53. The van der Waals surface area contributed by atoms with E-state index in [0.717, 1.165) is 36.8 Å². The van der Waals surface area contributed by atoms with Gasteiger partial charge in [-0.05, 0) is 39.8 Å². The Labute approximate surface area is 177 Å². The molecule has 1 aliphatic heterocycles. The maximum atomic E-state index is 13.2. The zero-order valence-electron chi connectivity index (χ0n) is 18.1. The van der Waals surface area contributed by atoms with Crippen LogP contribution in [0.4, 0.5) is 0 Å². The largest absolute Gasteiger partial charge is 0.334 e. The molecule has 0 unspecified atom stereocenters. The third kappa shape index (κ3) is 3.87. The molecule has 1 atom stereocenters. The van der Waals surface area contributed by atoms with Crippen molar-refractivity contribution in [2.45, 2.75) is 46.8 Å². The number of imidazole rings is 1. The van der Waals surface area contributed by atoms with E-state index in [2.05, 4.69) is 38.6 Å². The molecule has 2 aromatic heterocycles. The minimum Gasteiger partial charge on any atom is -0.334 e. The first-order valence-electron chi connectivity index (χ1n) is 10.5. The van der Waals surface area contributed by atoms with Crippen LogP contribution in [0.5, 0.6) is 0 Å². The second-order valence-corrected chi connectivity index (χ2v) is 7.97. The van der Waals surface area contributed by atoms with Gasteiger partial charge in [-0.25, -0.2) is 9.67 Å². The Kier molecular flexibility index (Phi) is 5.67. The van der Waals surface area contributed by atoms with Crippen LogP contribution in [0.1, 0.15) is 41.4 Å². The molecule has 0 aliphatic carbocycles. The van der Waals surface area contributed by atoms with Crippen LogP contribution in [0.15, 0.2) is 36.7 Å². The van der Waals surface area contributed by atoms with Crippen molar-refractivity contribution in [2.75, 3.05) is 19.6 Å². The summed E-state index contributed by atoms with van der Waals surface area (Å²) >= 11 is 0. The summed E-state index contributed by atoms with van der Waals surface area (Å²) in [7, 11) is 0. The molecule has 0 N–H and O–H groups in total.